The molecule has 3 aromatic rings. The first-order valence-corrected chi connectivity index (χ1v) is 19.9. The number of aliphatic imine (C=N–C) groups is 2. The Kier molecular flexibility index (Phi) is 12.4. The smallest absolute Gasteiger partial charge is 0.307 e. The summed E-state index contributed by atoms with van der Waals surface area (Å²) in [6.45, 7) is 16.6. The van der Waals surface area contributed by atoms with Gasteiger partial charge in [-0.15, -0.1) is 0 Å². The summed E-state index contributed by atoms with van der Waals surface area (Å²) < 4.78 is 4.47. The first-order valence-electron chi connectivity index (χ1n) is 18.9. The predicted molar refractivity (Wildman–Crippen MR) is 223 cm³/mol. The molecule has 15 heteroatoms. The summed E-state index contributed by atoms with van der Waals surface area (Å²) in [5.41, 5.74) is 20.3. The van der Waals surface area contributed by atoms with Gasteiger partial charge in [-0.2, -0.15) is 0 Å². The second kappa shape index (κ2) is 17.3. The number of hydrogen-bond acceptors (Lipinski definition) is 7. The van der Waals surface area contributed by atoms with Crippen LogP contribution in [-0.4, -0.2) is 67.9 Å². The Balaban J connectivity index is 0.000000308. The minimum absolute atomic E-state index is 0.0140. The van der Waals surface area contributed by atoms with Crippen LogP contribution in [0, 0.1) is 13.8 Å². The molecule has 7 rings (SSSR count). The molecule has 7 N–H and O–H groups in total. The fraction of sp³-hybridized carbons (Fsp3) is 0.273. The quantitative estimate of drug-likeness (QED) is 0.122. The van der Waals surface area contributed by atoms with Crippen molar-refractivity contribution in [2.24, 2.45) is 15.7 Å². The number of aryl methyl sites for hydroxylation is 1. The largest absolute Gasteiger partial charge is 0.481 e. The second-order valence-corrected chi connectivity index (χ2v) is 15.6. The number of nitrogens with one attached hydrogen (secondary N) is 1. The molecule has 0 atom stereocenters. The molecule has 0 saturated carbocycles. The van der Waals surface area contributed by atoms with E-state index in [1.165, 1.54) is 0 Å². The van der Waals surface area contributed by atoms with Crippen molar-refractivity contribution in [2.75, 3.05) is 0 Å². The number of allylic oxidation sites excluding steroid dienone is 4. The van der Waals surface area contributed by atoms with Gasteiger partial charge in [0.15, 0.2) is 0 Å². The number of aromatic nitrogens is 3. The van der Waals surface area contributed by atoms with Gasteiger partial charge in [0, 0.05) is 24.9 Å². The number of carbonyl (C=O) groups is 4. The molecule has 308 valence electrons. The maximum absolute atomic E-state index is 11.8. The van der Waals surface area contributed by atoms with Crippen molar-refractivity contribution < 1.29 is 55.0 Å². The van der Waals surface area contributed by atoms with Crippen molar-refractivity contribution in [2.45, 2.75) is 79.2 Å². The topological polar surface area (TPSA) is 226 Å². The molecule has 0 aromatic carbocycles. The molecule has 59 heavy (non-hydrogen) atoms. The van der Waals surface area contributed by atoms with E-state index in [0.29, 0.717) is 57.2 Å². The van der Waals surface area contributed by atoms with Gasteiger partial charge in [-0.1, -0.05) is 0 Å². The van der Waals surface area contributed by atoms with Crippen molar-refractivity contribution in [3.05, 3.63) is 120 Å². The number of nitrogens with zero attached hydrogens (tertiary/aromatic N) is 4. The third-order valence-electron chi connectivity index (χ3n) is 10.9. The maximum atomic E-state index is 11.8. The number of aliphatic carboxylic acids is 4. The standard InChI is InChI=1S/C34H34N4O4.C10H14N2O4.Fe/c1-7-21-17(3)25-13-26-19(5)23(9-11-33(39)40)31(37-26)16-32-24(10-12-34(41)42)20(6)28(38-32)15-30-22(8-2)18(4)27(36-30)14-29(21)35-25;11-4-8-7(3-10(15)16)6(5-12-8)1-2-9(13)14;/h7-8,13-16H,1-2,9-12H2,3-6H3,(H4,35,36,37,38,39,40,41,42);5,12H,1-4,11H2,(H,13,14)(H,15,16);/q;;+2/p-2/b25-13?,26-13-,27-14?,28-15-,29-14-,30-15?,31-16-,32-16?;;. The number of carboxylic acids is 4. The van der Waals surface area contributed by atoms with Crippen LogP contribution >= 0.6 is 0 Å². The molecule has 0 radical (unpaired) electrons. The van der Waals surface area contributed by atoms with E-state index in [2.05, 4.69) is 50.5 Å². The molecule has 0 aliphatic carbocycles. The molecule has 6 bridgehead atoms. The van der Waals surface area contributed by atoms with Gasteiger partial charge in [-0.3, -0.25) is 9.59 Å². The molecule has 14 nitrogen and oxygen atoms in total. The molecular formula is C44H46FeN6O8. The van der Waals surface area contributed by atoms with Gasteiger partial charge in [-0.05, 0) is 17.5 Å². The van der Waals surface area contributed by atoms with Crippen LogP contribution in [0.5, 0.6) is 0 Å². The number of H-pyrrole nitrogens is 1. The van der Waals surface area contributed by atoms with E-state index in [9.17, 15) is 29.4 Å². The van der Waals surface area contributed by atoms with E-state index in [1.54, 1.807) is 6.20 Å². The Morgan fingerprint density at radius 2 is 1.36 bits per heavy atom. The van der Waals surface area contributed by atoms with Crippen LogP contribution in [0.25, 0.3) is 30.4 Å². The van der Waals surface area contributed by atoms with Crippen molar-refractivity contribution in [1.82, 2.24) is 12.2 Å². The first kappa shape index (κ1) is 42.3. The molecule has 7 heterocycles. The second-order valence-electron chi connectivity index (χ2n) is 14.4. The summed E-state index contributed by atoms with van der Waals surface area (Å²) in [6, 6.07) is 0. The van der Waals surface area contributed by atoms with Crippen LogP contribution in [0.15, 0.2) is 69.1 Å². The van der Waals surface area contributed by atoms with Gasteiger partial charge in [0.1, 0.15) is 0 Å². The Morgan fingerprint density at radius 1 is 0.729 bits per heavy atom. The normalized spacial score (nSPS) is 17.9. The molecule has 0 amide bonds. The average molecular weight is 843 g/mol. The SMILES string of the molecule is C=CC1=C(C)C2=NC/1=C\c1c(C)c(C=C)c3[n]1[Fe][n]1/c(c(C)c(CCC(=O)O)/c1=C/C1=NC(=C\3)/C(C)=C1CCC(=O)O)=C\2.NCc1[nH]cc(CCC(=O)O)c1CC(=O)O. The number of rotatable bonds is 14. The zero-order valence-corrected chi connectivity index (χ0v) is 34.4. The minimum atomic E-state index is -0.953. The fourth-order valence-corrected chi connectivity index (χ4v) is 9.33. The molecular weight excluding hydrogens is 796 g/mol. The van der Waals surface area contributed by atoms with Crippen molar-refractivity contribution in [3.63, 3.8) is 0 Å². The van der Waals surface area contributed by atoms with Gasteiger partial charge in [0.2, 0.25) is 0 Å². The summed E-state index contributed by atoms with van der Waals surface area (Å²) in [7, 11) is 0. The Bertz CT molecular complexity index is 2690. The van der Waals surface area contributed by atoms with Crippen LogP contribution in [0.3, 0.4) is 0 Å². The summed E-state index contributed by atoms with van der Waals surface area (Å²) in [5, 5.41) is 38.3. The predicted octanol–water partition coefficient (Wildman–Crippen LogP) is 4.86. The third-order valence-corrected chi connectivity index (χ3v) is 12.4. The van der Waals surface area contributed by atoms with Gasteiger partial charge in [-0.25, -0.2) is 0 Å². The van der Waals surface area contributed by atoms with Crippen molar-refractivity contribution in [1.29, 1.82) is 0 Å². The number of hydrogen-bond donors (Lipinski definition) is 6. The maximum Gasteiger partial charge on any atom is 0.307 e. The molecule has 0 fully saturated rings. The summed E-state index contributed by atoms with van der Waals surface area (Å²) in [5.74, 6) is -3.59. The zero-order chi connectivity index (χ0) is 42.9. The summed E-state index contributed by atoms with van der Waals surface area (Å²) >= 11 is 0.463. The molecule has 0 spiro atoms. The van der Waals surface area contributed by atoms with Crippen LogP contribution < -0.4 is 16.4 Å². The summed E-state index contributed by atoms with van der Waals surface area (Å²) in [4.78, 5) is 57.4. The third kappa shape index (κ3) is 8.35. The molecule has 3 aromatic heterocycles. The van der Waals surface area contributed by atoms with Crippen LogP contribution in [0.2, 0.25) is 0 Å². The minimum Gasteiger partial charge on any atom is -0.481 e. The van der Waals surface area contributed by atoms with Gasteiger partial charge >= 0.3 is 269 Å². The van der Waals surface area contributed by atoms with E-state index in [1.807, 2.05) is 39.0 Å². The van der Waals surface area contributed by atoms with E-state index in [4.69, 9.17) is 25.9 Å². The molecule has 0 unspecified atom stereocenters. The Hall–Kier alpha value is -6.28. The van der Waals surface area contributed by atoms with Crippen molar-refractivity contribution >= 4 is 65.7 Å². The van der Waals surface area contributed by atoms with Gasteiger partial charge < -0.3 is 20.9 Å². The Labute approximate surface area is 346 Å². The summed E-state index contributed by atoms with van der Waals surface area (Å²) in [6.07, 6.45) is 14.4. The van der Waals surface area contributed by atoms with E-state index in [-0.39, 0.29) is 32.2 Å². The fourth-order valence-electron chi connectivity index (χ4n) is 7.70. The van der Waals surface area contributed by atoms with Gasteiger partial charge in [0.05, 0.1) is 6.42 Å². The monoisotopic (exact) mass is 842 g/mol. The number of carboxylic acid groups (broad SMARTS) is 4. The van der Waals surface area contributed by atoms with Crippen molar-refractivity contribution in [3.8, 4) is 0 Å². The molecule has 4 aliphatic rings. The number of aromatic amines is 1. The van der Waals surface area contributed by atoms with E-state index >= 15 is 0 Å². The first-order chi connectivity index (χ1) is 28.1. The van der Waals surface area contributed by atoms with Gasteiger partial charge in [0.25, 0.3) is 0 Å². The Morgan fingerprint density at radius 3 is 1.98 bits per heavy atom. The van der Waals surface area contributed by atoms with E-state index < -0.39 is 23.9 Å². The van der Waals surface area contributed by atoms with Crippen LogP contribution in [-0.2, 0) is 60.4 Å². The average Bonchev–Trinajstić information content (AvgIpc) is 3.92. The number of fused-ring (bicyclic) bond motifs is 2. The number of nitrogens with two attached hydrogens (primary N) is 1. The zero-order valence-electron chi connectivity index (χ0n) is 33.3. The van der Waals surface area contributed by atoms with Crippen LogP contribution in [0.4, 0.5) is 0 Å². The molecule has 4 aliphatic heterocycles. The van der Waals surface area contributed by atoms with Crippen LogP contribution in [0.1, 0.15) is 90.0 Å². The molecule has 0 saturated heterocycles. The van der Waals surface area contributed by atoms with E-state index in [0.717, 1.165) is 83.7 Å².